The van der Waals surface area contributed by atoms with E-state index in [1.807, 2.05) is 43.3 Å². The second-order valence-corrected chi connectivity index (χ2v) is 8.14. The van der Waals surface area contributed by atoms with Crippen LogP contribution in [0.4, 0.5) is 0 Å². The largest absolute Gasteiger partial charge is 0.466 e. The summed E-state index contributed by atoms with van der Waals surface area (Å²) in [6, 6.07) is 9.93. The zero-order valence-corrected chi connectivity index (χ0v) is 15.7. The first-order valence-electron chi connectivity index (χ1n) is 9.28. The minimum Gasteiger partial charge on any atom is -0.466 e. The summed E-state index contributed by atoms with van der Waals surface area (Å²) in [4.78, 5) is 25.6. The second-order valence-electron chi connectivity index (χ2n) is 8.14. The van der Waals surface area contributed by atoms with E-state index >= 15 is 0 Å². The summed E-state index contributed by atoms with van der Waals surface area (Å²) in [7, 11) is 0. The van der Waals surface area contributed by atoms with Crippen molar-refractivity contribution in [1.82, 2.24) is 0 Å². The minimum absolute atomic E-state index is 0.0398. The smallest absolute Gasteiger partial charge is 0.313 e. The van der Waals surface area contributed by atoms with Crippen LogP contribution >= 0.6 is 0 Å². The van der Waals surface area contributed by atoms with Gasteiger partial charge in [0.25, 0.3) is 0 Å². The predicted octanol–water partition coefficient (Wildman–Crippen LogP) is 4.36. The zero-order valence-electron chi connectivity index (χ0n) is 15.7. The Hall–Kier alpha value is -1.90. The van der Waals surface area contributed by atoms with Crippen LogP contribution in [0.25, 0.3) is 0 Å². The minimum atomic E-state index is -0.403. The molecule has 3 atom stereocenters. The molecule has 2 bridgehead atoms. The van der Waals surface area contributed by atoms with Gasteiger partial charge in [0.2, 0.25) is 0 Å². The van der Waals surface area contributed by atoms with Crippen molar-refractivity contribution in [3.63, 3.8) is 0 Å². The van der Waals surface area contributed by atoms with Gasteiger partial charge in [0.15, 0.2) is 5.78 Å². The fourth-order valence-corrected chi connectivity index (χ4v) is 4.66. The molecule has 3 nitrogen and oxygen atoms in total. The number of carbonyl (C=O) groups is 2. The number of Topliss-reactive ketones (excluding diaryl/α,β-unsaturated/α-hetero) is 1. The lowest BCUT2D eigenvalue weighted by atomic mass is 9.70. The lowest BCUT2D eigenvalue weighted by Gasteiger charge is -2.31. The Labute approximate surface area is 150 Å². The van der Waals surface area contributed by atoms with Gasteiger partial charge in [0.05, 0.1) is 12.5 Å². The molecule has 0 unspecified atom stereocenters. The molecule has 0 N–H and O–H groups in total. The zero-order chi connectivity index (χ0) is 18.2. The topological polar surface area (TPSA) is 43.4 Å². The first kappa shape index (κ1) is 17.9. The molecule has 0 aliphatic heterocycles. The molecule has 1 aromatic carbocycles. The van der Waals surface area contributed by atoms with Gasteiger partial charge in [0.1, 0.15) is 0 Å². The van der Waals surface area contributed by atoms with Gasteiger partial charge in [-0.05, 0) is 48.7 Å². The van der Waals surface area contributed by atoms with Crippen molar-refractivity contribution in [2.24, 2.45) is 22.7 Å². The van der Waals surface area contributed by atoms with Crippen molar-refractivity contribution < 1.29 is 14.3 Å². The highest BCUT2D eigenvalue weighted by Gasteiger charge is 2.63. The van der Waals surface area contributed by atoms with Crippen molar-refractivity contribution in [3.8, 4) is 0 Å². The molecular weight excluding hydrogens is 312 g/mol. The summed E-state index contributed by atoms with van der Waals surface area (Å²) in [5.74, 6) is -0.161. The summed E-state index contributed by atoms with van der Waals surface area (Å²) in [6.07, 6.45) is 4.47. The van der Waals surface area contributed by atoms with Crippen molar-refractivity contribution in [1.29, 1.82) is 0 Å². The second kappa shape index (κ2) is 6.44. The highest BCUT2D eigenvalue weighted by molar-refractivity contribution is 6.05. The lowest BCUT2D eigenvalue weighted by molar-refractivity contribution is -0.146. The van der Waals surface area contributed by atoms with Gasteiger partial charge in [-0.3, -0.25) is 9.59 Å². The van der Waals surface area contributed by atoms with E-state index in [0.29, 0.717) is 13.0 Å². The van der Waals surface area contributed by atoms with Crippen LogP contribution in [0.2, 0.25) is 0 Å². The molecular formula is C22H28O3. The van der Waals surface area contributed by atoms with Crippen molar-refractivity contribution in [2.75, 3.05) is 6.61 Å². The van der Waals surface area contributed by atoms with Gasteiger partial charge in [0, 0.05) is 5.41 Å². The molecule has 0 amide bonds. The Morgan fingerprint density at radius 3 is 2.52 bits per heavy atom. The number of hydrogen-bond acceptors (Lipinski definition) is 3. The third kappa shape index (κ3) is 2.84. The molecule has 2 aliphatic rings. The average Bonchev–Trinajstić information content (AvgIpc) is 2.89. The van der Waals surface area contributed by atoms with E-state index in [0.717, 1.165) is 24.0 Å². The number of esters is 1. The number of carbonyl (C=O) groups excluding carboxylic acids is 2. The van der Waals surface area contributed by atoms with Crippen LogP contribution < -0.4 is 0 Å². The van der Waals surface area contributed by atoms with Gasteiger partial charge < -0.3 is 4.74 Å². The van der Waals surface area contributed by atoms with Gasteiger partial charge in [-0.2, -0.15) is 0 Å². The summed E-state index contributed by atoms with van der Waals surface area (Å²) in [6.45, 7) is 8.65. The maximum atomic E-state index is 13.1. The Bertz CT molecular complexity index is 701. The molecule has 0 spiro atoms. The quantitative estimate of drug-likeness (QED) is 0.591. The Morgan fingerprint density at radius 1 is 1.28 bits per heavy atom. The molecule has 0 heterocycles. The van der Waals surface area contributed by atoms with E-state index < -0.39 is 5.92 Å². The monoisotopic (exact) mass is 340 g/mol. The molecule has 0 saturated heterocycles. The number of allylic oxidation sites excluding steroid dienone is 1. The van der Waals surface area contributed by atoms with Crippen molar-refractivity contribution >= 4 is 11.8 Å². The van der Waals surface area contributed by atoms with Crippen LogP contribution in [0.3, 0.4) is 0 Å². The van der Waals surface area contributed by atoms with E-state index in [1.54, 1.807) is 0 Å². The third-order valence-electron chi connectivity index (χ3n) is 6.63. The standard InChI is InChI=1S/C22H28O3/c1-5-25-20(24)16(13-15-9-7-6-8-10-15)14-17-18-11-12-22(4,19(17)23)21(18,2)3/h6-10,14,16,18H,5,11-13H2,1-4H3/b17-14-/t16-,18+,22+/m0/s1. The van der Waals surface area contributed by atoms with E-state index in [9.17, 15) is 9.59 Å². The fourth-order valence-electron chi connectivity index (χ4n) is 4.66. The number of fused-ring (bicyclic) bond motifs is 2. The normalized spacial score (nSPS) is 29.8. The first-order chi connectivity index (χ1) is 11.8. The average molecular weight is 340 g/mol. The molecule has 25 heavy (non-hydrogen) atoms. The Morgan fingerprint density at radius 2 is 1.96 bits per heavy atom. The van der Waals surface area contributed by atoms with Crippen LogP contribution in [0.1, 0.15) is 46.1 Å². The lowest BCUT2D eigenvalue weighted by Crippen LogP contribution is -2.32. The molecule has 0 radical (unpaired) electrons. The molecule has 2 fully saturated rings. The van der Waals surface area contributed by atoms with E-state index in [4.69, 9.17) is 4.74 Å². The maximum Gasteiger partial charge on any atom is 0.313 e. The number of benzene rings is 1. The molecule has 2 saturated carbocycles. The molecule has 1 aromatic rings. The number of ether oxygens (including phenoxy) is 1. The van der Waals surface area contributed by atoms with E-state index in [-0.39, 0.29) is 28.5 Å². The number of ketones is 1. The van der Waals surface area contributed by atoms with Gasteiger partial charge in [-0.25, -0.2) is 0 Å². The summed E-state index contributed by atoms with van der Waals surface area (Å²) < 4.78 is 5.28. The predicted molar refractivity (Wildman–Crippen MR) is 98.0 cm³/mol. The summed E-state index contributed by atoms with van der Waals surface area (Å²) in [5.41, 5.74) is 1.60. The van der Waals surface area contributed by atoms with E-state index in [2.05, 4.69) is 20.8 Å². The molecule has 2 aliphatic carbocycles. The van der Waals surface area contributed by atoms with Crippen molar-refractivity contribution in [3.05, 3.63) is 47.5 Å². The summed E-state index contributed by atoms with van der Waals surface area (Å²) >= 11 is 0. The fraction of sp³-hybridized carbons (Fsp3) is 0.545. The molecule has 0 aromatic heterocycles. The summed E-state index contributed by atoms with van der Waals surface area (Å²) in [5, 5.41) is 0. The van der Waals surface area contributed by atoms with Crippen LogP contribution in [0, 0.1) is 22.7 Å². The molecule has 3 rings (SSSR count). The highest BCUT2D eigenvalue weighted by Crippen LogP contribution is 2.65. The van der Waals surface area contributed by atoms with E-state index in [1.165, 1.54) is 0 Å². The Kier molecular flexibility index (Phi) is 4.61. The highest BCUT2D eigenvalue weighted by atomic mass is 16.5. The van der Waals surface area contributed by atoms with Gasteiger partial charge in [-0.1, -0.05) is 57.2 Å². The van der Waals surface area contributed by atoms with Gasteiger partial charge >= 0.3 is 5.97 Å². The third-order valence-corrected chi connectivity index (χ3v) is 6.63. The first-order valence-corrected chi connectivity index (χ1v) is 9.28. The number of rotatable bonds is 5. The SMILES string of the molecule is CCOC(=O)[C@H](/C=C1\C(=O)[C@@]2(C)CC[C@H]1C2(C)C)Cc1ccccc1. The van der Waals surface area contributed by atoms with Gasteiger partial charge in [-0.15, -0.1) is 0 Å². The van der Waals surface area contributed by atoms with Crippen molar-refractivity contribution in [2.45, 2.75) is 47.0 Å². The van der Waals surface area contributed by atoms with Crippen LogP contribution in [0.5, 0.6) is 0 Å². The maximum absolute atomic E-state index is 13.1. The Balaban J connectivity index is 1.93. The molecule has 134 valence electrons. The van der Waals surface area contributed by atoms with Crippen LogP contribution in [0.15, 0.2) is 42.0 Å². The van der Waals surface area contributed by atoms with Crippen LogP contribution in [-0.4, -0.2) is 18.4 Å². The molecule has 3 heteroatoms. The number of hydrogen-bond donors (Lipinski definition) is 0. The van der Waals surface area contributed by atoms with Crippen LogP contribution in [-0.2, 0) is 20.7 Å².